The first-order chi connectivity index (χ1) is 10.3. The molecule has 1 heterocycles. The van der Waals surface area contributed by atoms with Gasteiger partial charge in [-0.15, -0.1) is 0 Å². The molecule has 2 N–H and O–H groups in total. The van der Waals surface area contributed by atoms with E-state index < -0.39 is 10.0 Å². The van der Waals surface area contributed by atoms with Gasteiger partial charge in [-0.2, -0.15) is 0 Å². The van der Waals surface area contributed by atoms with E-state index in [0.29, 0.717) is 5.56 Å². The molecule has 0 aliphatic carbocycles. The van der Waals surface area contributed by atoms with Crippen LogP contribution in [0.1, 0.15) is 30.6 Å². The Bertz CT molecular complexity index is 637. The highest BCUT2D eigenvalue weighted by molar-refractivity contribution is 7.89. The molecule has 22 heavy (non-hydrogen) atoms. The maximum absolute atomic E-state index is 12.5. The van der Waals surface area contributed by atoms with Crippen molar-refractivity contribution in [1.29, 1.82) is 0 Å². The van der Waals surface area contributed by atoms with Crippen molar-refractivity contribution in [3.05, 3.63) is 29.8 Å². The number of hydrogen-bond donors (Lipinski definition) is 2. The molecule has 1 aromatic carbocycles. The quantitative estimate of drug-likeness (QED) is 0.840. The fourth-order valence-electron chi connectivity index (χ4n) is 2.51. The number of benzene rings is 1. The molecule has 1 atom stereocenters. The summed E-state index contributed by atoms with van der Waals surface area (Å²) in [6.45, 7) is 5.19. The zero-order chi connectivity index (χ0) is 16.3. The summed E-state index contributed by atoms with van der Waals surface area (Å²) >= 11 is 0. The van der Waals surface area contributed by atoms with Crippen LogP contribution < -0.4 is 10.0 Å². The van der Waals surface area contributed by atoms with Crippen LogP contribution in [0.5, 0.6) is 0 Å². The molecule has 1 amide bonds. The molecule has 7 heteroatoms. The highest BCUT2D eigenvalue weighted by Gasteiger charge is 2.25. The van der Waals surface area contributed by atoms with E-state index in [1.807, 2.05) is 0 Å². The monoisotopic (exact) mass is 325 g/mol. The molecule has 6 nitrogen and oxygen atoms in total. The van der Waals surface area contributed by atoms with Gasteiger partial charge in [-0.1, -0.05) is 6.07 Å². The number of rotatable bonds is 5. The Kier molecular flexibility index (Phi) is 5.20. The van der Waals surface area contributed by atoms with Gasteiger partial charge in [0.05, 0.1) is 4.90 Å². The Morgan fingerprint density at radius 1 is 1.41 bits per heavy atom. The zero-order valence-corrected chi connectivity index (χ0v) is 14.0. The molecule has 0 saturated carbocycles. The van der Waals surface area contributed by atoms with E-state index in [9.17, 15) is 13.2 Å². The highest BCUT2D eigenvalue weighted by atomic mass is 32.2. The van der Waals surface area contributed by atoms with E-state index in [1.54, 1.807) is 37.9 Å². The van der Waals surface area contributed by atoms with Crippen molar-refractivity contribution in [2.75, 3.05) is 20.1 Å². The normalized spacial score (nSPS) is 18.6. The molecule has 1 fully saturated rings. The van der Waals surface area contributed by atoms with Crippen molar-refractivity contribution in [2.45, 2.75) is 37.2 Å². The second kappa shape index (κ2) is 6.76. The number of nitrogens with zero attached hydrogens (tertiary/aromatic N) is 1. The molecule has 1 aliphatic rings. The molecular weight excluding hydrogens is 302 g/mol. The maximum atomic E-state index is 12.5. The van der Waals surface area contributed by atoms with Crippen LogP contribution in [0.3, 0.4) is 0 Å². The largest absolute Gasteiger partial charge is 0.337 e. The van der Waals surface area contributed by atoms with Gasteiger partial charge in [0.25, 0.3) is 5.91 Å². The smallest absolute Gasteiger partial charge is 0.253 e. The SMILES string of the molecule is CC(C)NS(=O)(=O)c1cccc(C(=O)N(C)C2CCNC2)c1. The van der Waals surface area contributed by atoms with Crippen molar-refractivity contribution in [3.63, 3.8) is 0 Å². The van der Waals surface area contributed by atoms with Gasteiger partial charge < -0.3 is 10.2 Å². The third-order valence-electron chi connectivity index (χ3n) is 3.68. The number of nitrogens with one attached hydrogen (secondary N) is 2. The average molecular weight is 325 g/mol. The molecule has 0 radical (unpaired) electrons. The van der Waals surface area contributed by atoms with E-state index in [1.165, 1.54) is 12.1 Å². The first kappa shape index (κ1) is 16.9. The van der Waals surface area contributed by atoms with E-state index in [0.717, 1.165) is 19.5 Å². The highest BCUT2D eigenvalue weighted by Crippen LogP contribution is 2.16. The number of hydrogen-bond acceptors (Lipinski definition) is 4. The van der Waals surface area contributed by atoms with Gasteiger partial charge in [-0.3, -0.25) is 4.79 Å². The van der Waals surface area contributed by atoms with Crippen molar-refractivity contribution in [2.24, 2.45) is 0 Å². The summed E-state index contributed by atoms with van der Waals surface area (Å²) in [6.07, 6.45) is 0.912. The van der Waals surface area contributed by atoms with E-state index in [2.05, 4.69) is 10.0 Å². The van der Waals surface area contributed by atoms with Crippen LogP contribution in [-0.4, -0.2) is 51.4 Å². The van der Waals surface area contributed by atoms with Crippen LogP contribution in [0.15, 0.2) is 29.2 Å². The molecule has 122 valence electrons. The first-order valence-corrected chi connectivity index (χ1v) is 8.90. The van der Waals surface area contributed by atoms with Crippen molar-refractivity contribution < 1.29 is 13.2 Å². The summed E-state index contributed by atoms with van der Waals surface area (Å²) in [6, 6.07) is 6.14. The van der Waals surface area contributed by atoms with Crippen molar-refractivity contribution in [1.82, 2.24) is 14.9 Å². The summed E-state index contributed by atoms with van der Waals surface area (Å²) in [7, 11) is -1.84. The Morgan fingerprint density at radius 2 is 2.14 bits per heavy atom. The Balaban J connectivity index is 2.22. The van der Waals surface area contributed by atoms with Gasteiger partial charge in [0.2, 0.25) is 10.0 Å². The standard InChI is InChI=1S/C15H23N3O3S/c1-11(2)17-22(20,21)14-6-4-5-12(9-14)15(19)18(3)13-7-8-16-10-13/h4-6,9,11,13,16-17H,7-8,10H2,1-3H3. The summed E-state index contributed by atoms with van der Waals surface area (Å²) < 4.78 is 26.9. The molecule has 1 unspecified atom stereocenters. The fourth-order valence-corrected chi connectivity index (χ4v) is 3.81. The topological polar surface area (TPSA) is 78.5 Å². The van der Waals surface area contributed by atoms with Crippen LogP contribution in [0.25, 0.3) is 0 Å². The number of sulfonamides is 1. The van der Waals surface area contributed by atoms with E-state index >= 15 is 0 Å². The molecule has 0 spiro atoms. The predicted molar refractivity (Wildman–Crippen MR) is 85.3 cm³/mol. The minimum atomic E-state index is -3.59. The molecule has 1 aromatic rings. The number of carbonyl (C=O) groups is 1. The van der Waals surface area contributed by atoms with Gasteiger partial charge in [0, 0.05) is 31.2 Å². The van der Waals surface area contributed by atoms with E-state index in [-0.39, 0.29) is 22.9 Å². The zero-order valence-electron chi connectivity index (χ0n) is 13.2. The van der Waals surface area contributed by atoms with Gasteiger partial charge in [-0.05, 0) is 45.0 Å². The average Bonchev–Trinajstić information content (AvgIpc) is 2.98. The lowest BCUT2D eigenvalue weighted by molar-refractivity contribution is 0.0743. The maximum Gasteiger partial charge on any atom is 0.253 e. The molecule has 0 bridgehead atoms. The Labute approximate surface area is 131 Å². The third-order valence-corrected chi connectivity index (χ3v) is 5.34. The second-order valence-electron chi connectivity index (χ2n) is 5.87. The lowest BCUT2D eigenvalue weighted by Gasteiger charge is -2.24. The summed E-state index contributed by atoms with van der Waals surface area (Å²) in [5, 5.41) is 3.22. The van der Waals surface area contributed by atoms with E-state index in [4.69, 9.17) is 0 Å². The number of carbonyl (C=O) groups excluding carboxylic acids is 1. The third kappa shape index (κ3) is 3.85. The van der Waals surface area contributed by atoms with Gasteiger partial charge >= 0.3 is 0 Å². The van der Waals surface area contributed by atoms with Crippen molar-refractivity contribution in [3.8, 4) is 0 Å². The Hall–Kier alpha value is -1.44. The number of amides is 1. The van der Waals surface area contributed by atoms with Gasteiger partial charge in [-0.25, -0.2) is 13.1 Å². The minimum Gasteiger partial charge on any atom is -0.337 e. The Morgan fingerprint density at radius 3 is 2.73 bits per heavy atom. The van der Waals surface area contributed by atoms with Crippen LogP contribution in [0.4, 0.5) is 0 Å². The number of likely N-dealkylation sites (N-methyl/N-ethyl adjacent to an activating group) is 1. The molecule has 0 aromatic heterocycles. The first-order valence-electron chi connectivity index (χ1n) is 7.41. The second-order valence-corrected chi connectivity index (χ2v) is 7.58. The van der Waals surface area contributed by atoms with Crippen molar-refractivity contribution >= 4 is 15.9 Å². The van der Waals surface area contributed by atoms with Gasteiger partial charge in [0.1, 0.15) is 0 Å². The minimum absolute atomic E-state index is 0.116. The molecule has 2 rings (SSSR count). The molecule has 1 aliphatic heterocycles. The van der Waals surface area contributed by atoms with Crippen LogP contribution in [0, 0.1) is 0 Å². The molecular formula is C15H23N3O3S. The summed E-state index contributed by atoms with van der Waals surface area (Å²) in [5.41, 5.74) is 0.390. The van der Waals surface area contributed by atoms with Crippen LogP contribution in [-0.2, 0) is 10.0 Å². The summed E-state index contributed by atoms with van der Waals surface area (Å²) in [4.78, 5) is 14.3. The lowest BCUT2D eigenvalue weighted by Crippen LogP contribution is -2.38. The lowest BCUT2D eigenvalue weighted by atomic mass is 10.1. The van der Waals surface area contributed by atoms with Crippen LogP contribution in [0.2, 0.25) is 0 Å². The predicted octanol–water partition coefficient (Wildman–Crippen LogP) is 0.807. The summed E-state index contributed by atoms with van der Waals surface area (Å²) in [5.74, 6) is -0.157. The fraction of sp³-hybridized carbons (Fsp3) is 0.533. The van der Waals surface area contributed by atoms with Crippen LogP contribution >= 0.6 is 0 Å². The molecule has 1 saturated heterocycles. The van der Waals surface area contributed by atoms with Gasteiger partial charge in [0.15, 0.2) is 0 Å².